The van der Waals surface area contributed by atoms with Crippen LogP contribution in [0.4, 0.5) is 0 Å². The fourth-order valence-electron chi connectivity index (χ4n) is 8.81. The molecule has 0 atom stereocenters. The van der Waals surface area contributed by atoms with Gasteiger partial charge in [0.05, 0.1) is 22.1 Å². The van der Waals surface area contributed by atoms with Crippen molar-refractivity contribution in [3.8, 4) is 45.3 Å². The zero-order valence-electron chi connectivity index (χ0n) is 24.0. The van der Waals surface area contributed by atoms with Gasteiger partial charge in [0.25, 0.3) is 6.71 Å². The smallest absolute Gasteiger partial charge is 0.254 e. The molecule has 0 bridgehead atoms. The monoisotopic (exact) mass is 568 g/mol. The highest BCUT2D eigenvalue weighted by atomic mass is 15.1. The Kier molecular flexibility index (Phi) is 3.80. The van der Waals surface area contributed by atoms with Gasteiger partial charge in [-0.3, -0.25) is 9.13 Å². The lowest BCUT2D eigenvalue weighted by atomic mass is 9.33. The van der Waals surface area contributed by atoms with Crippen molar-refractivity contribution in [1.29, 1.82) is 0 Å². The molecule has 0 amide bonds. The van der Waals surface area contributed by atoms with Crippen molar-refractivity contribution < 1.29 is 0 Å². The molecule has 2 aromatic heterocycles. The van der Waals surface area contributed by atoms with E-state index in [1.165, 1.54) is 71.5 Å². The first-order chi connectivity index (χ1) is 22.3. The molecule has 3 aliphatic rings. The van der Waals surface area contributed by atoms with Crippen molar-refractivity contribution in [2.75, 3.05) is 0 Å². The fourth-order valence-corrected chi connectivity index (χ4v) is 8.81. The number of rotatable bonds is 2. The lowest BCUT2D eigenvalue weighted by molar-refractivity contribution is 1.07. The van der Waals surface area contributed by atoms with E-state index < -0.39 is 0 Å². The Morgan fingerprint density at radius 2 is 0.911 bits per heavy atom. The van der Waals surface area contributed by atoms with Crippen molar-refractivity contribution in [3.05, 3.63) is 127 Å². The van der Waals surface area contributed by atoms with E-state index in [4.69, 9.17) is 9.97 Å². The summed E-state index contributed by atoms with van der Waals surface area (Å²) in [5.74, 6) is 1.96. The molecular formula is C40H21BN4. The fraction of sp³-hybridized carbons (Fsp3) is 0. The molecule has 0 spiro atoms. The second-order valence-electron chi connectivity index (χ2n) is 12.5. The van der Waals surface area contributed by atoms with Crippen LogP contribution in [0.15, 0.2) is 127 Å². The Morgan fingerprint density at radius 3 is 1.40 bits per heavy atom. The zero-order valence-corrected chi connectivity index (χ0v) is 24.0. The van der Waals surface area contributed by atoms with Crippen LogP contribution >= 0.6 is 0 Å². The van der Waals surface area contributed by atoms with E-state index in [1.807, 2.05) is 0 Å². The highest BCUT2D eigenvalue weighted by Crippen LogP contribution is 2.44. The van der Waals surface area contributed by atoms with E-state index in [9.17, 15) is 0 Å². The van der Waals surface area contributed by atoms with E-state index in [1.54, 1.807) is 0 Å². The Labute approximate surface area is 257 Å². The minimum Gasteiger partial charge on any atom is -0.293 e. The highest BCUT2D eigenvalue weighted by Gasteiger charge is 2.45. The molecule has 7 aromatic carbocycles. The molecule has 5 heteroatoms. The van der Waals surface area contributed by atoms with Gasteiger partial charge in [0.15, 0.2) is 0 Å². The minimum absolute atomic E-state index is 0.0547. The first-order valence-electron chi connectivity index (χ1n) is 15.6. The number of imidazole rings is 2. The summed E-state index contributed by atoms with van der Waals surface area (Å²) in [6, 6.07) is 46.3. The molecule has 5 heterocycles. The van der Waals surface area contributed by atoms with Crippen LogP contribution in [-0.2, 0) is 0 Å². The van der Waals surface area contributed by atoms with E-state index in [2.05, 4.69) is 137 Å². The third-order valence-corrected chi connectivity index (χ3v) is 10.4. The maximum atomic E-state index is 5.41. The molecule has 45 heavy (non-hydrogen) atoms. The Morgan fingerprint density at radius 1 is 0.444 bits per heavy atom. The summed E-state index contributed by atoms with van der Waals surface area (Å²) in [5, 5.41) is 5.16. The topological polar surface area (TPSA) is 35.6 Å². The van der Waals surface area contributed by atoms with Gasteiger partial charge < -0.3 is 0 Å². The van der Waals surface area contributed by atoms with E-state index in [-0.39, 0.29) is 6.71 Å². The van der Waals surface area contributed by atoms with Crippen molar-refractivity contribution in [2.24, 2.45) is 0 Å². The number of nitrogens with zero attached hydrogens (tertiary/aromatic N) is 4. The Bertz CT molecular complexity index is 2620. The third kappa shape index (κ3) is 2.52. The normalized spacial score (nSPS) is 13.3. The SMILES string of the molecule is c1ccc(-c2nc3cc4cccc5c4c4c3n2-c2cccc3c2B4c2c4c-5cccc4cc4nc(-c5ccccc5)n-3c24)cc1. The van der Waals surface area contributed by atoms with E-state index >= 15 is 0 Å². The zero-order chi connectivity index (χ0) is 29.0. The summed E-state index contributed by atoms with van der Waals surface area (Å²) < 4.78 is 4.89. The van der Waals surface area contributed by atoms with Crippen LogP contribution in [0.25, 0.3) is 88.9 Å². The Balaban J connectivity index is 1.40. The summed E-state index contributed by atoms with van der Waals surface area (Å²) in [6.45, 7) is 0.0547. The maximum Gasteiger partial charge on any atom is 0.254 e. The number of benzene rings is 7. The molecule has 12 rings (SSSR count). The molecule has 4 nitrogen and oxygen atoms in total. The molecule has 0 radical (unpaired) electrons. The van der Waals surface area contributed by atoms with Gasteiger partial charge in [-0.25, -0.2) is 9.97 Å². The van der Waals surface area contributed by atoms with Crippen LogP contribution in [0.5, 0.6) is 0 Å². The minimum atomic E-state index is 0.0547. The first kappa shape index (κ1) is 22.6. The van der Waals surface area contributed by atoms with Crippen molar-refractivity contribution >= 4 is 66.7 Å². The number of hydrogen-bond acceptors (Lipinski definition) is 2. The molecule has 0 aliphatic carbocycles. The van der Waals surface area contributed by atoms with Gasteiger partial charge in [-0.2, -0.15) is 0 Å². The predicted octanol–water partition coefficient (Wildman–Crippen LogP) is 7.13. The van der Waals surface area contributed by atoms with Crippen LogP contribution in [0, 0.1) is 0 Å². The summed E-state index contributed by atoms with van der Waals surface area (Å²) in [7, 11) is 0. The largest absolute Gasteiger partial charge is 0.293 e. The molecule has 9 aromatic rings. The van der Waals surface area contributed by atoms with Crippen LogP contribution in [0.3, 0.4) is 0 Å². The number of hydrogen-bond donors (Lipinski definition) is 0. The molecule has 0 N–H and O–H groups in total. The average Bonchev–Trinajstić information content (AvgIpc) is 3.64. The van der Waals surface area contributed by atoms with Crippen LogP contribution in [-0.4, -0.2) is 25.8 Å². The van der Waals surface area contributed by atoms with Gasteiger partial charge in [0.2, 0.25) is 0 Å². The van der Waals surface area contributed by atoms with E-state index in [0.717, 1.165) is 33.8 Å². The van der Waals surface area contributed by atoms with Crippen molar-refractivity contribution in [2.45, 2.75) is 0 Å². The van der Waals surface area contributed by atoms with Crippen molar-refractivity contribution in [1.82, 2.24) is 19.1 Å². The molecule has 3 aliphatic heterocycles. The molecule has 204 valence electrons. The lowest BCUT2D eigenvalue weighted by Gasteiger charge is -2.34. The Hall–Kier alpha value is -5.94. The van der Waals surface area contributed by atoms with Crippen LogP contribution in [0.2, 0.25) is 0 Å². The van der Waals surface area contributed by atoms with Gasteiger partial charge >= 0.3 is 0 Å². The predicted molar refractivity (Wildman–Crippen MR) is 185 cm³/mol. The molecule has 0 unspecified atom stereocenters. The molecular weight excluding hydrogens is 547 g/mol. The lowest BCUT2D eigenvalue weighted by Crippen LogP contribution is -2.59. The summed E-state index contributed by atoms with van der Waals surface area (Å²) in [6.07, 6.45) is 0. The number of aromatic nitrogens is 4. The quantitative estimate of drug-likeness (QED) is 0.208. The van der Waals surface area contributed by atoms with Gasteiger partial charge in [0.1, 0.15) is 11.6 Å². The van der Waals surface area contributed by atoms with Gasteiger partial charge in [-0.1, -0.05) is 103 Å². The summed E-state index contributed by atoms with van der Waals surface area (Å²) in [5.41, 5.74) is 15.8. The van der Waals surface area contributed by atoms with Crippen LogP contribution in [0.1, 0.15) is 0 Å². The third-order valence-electron chi connectivity index (χ3n) is 10.4. The van der Waals surface area contributed by atoms with Crippen LogP contribution < -0.4 is 16.4 Å². The highest BCUT2D eigenvalue weighted by molar-refractivity contribution is 7.03. The van der Waals surface area contributed by atoms with Gasteiger partial charge in [0, 0.05) is 22.5 Å². The number of fused-ring (bicyclic) bond motifs is 3. The summed E-state index contributed by atoms with van der Waals surface area (Å²) in [4.78, 5) is 10.8. The van der Waals surface area contributed by atoms with Gasteiger partial charge in [-0.05, 0) is 73.3 Å². The molecule has 0 saturated carbocycles. The van der Waals surface area contributed by atoms with Crippen molar-refractivity contribution in [3.63, 3.8) is 0 Å². The second kappa shape index (κ2) is 7.58. The maximum absolute atomic E-state index is 5.41. The summed E-state index contributed by atoms with van der Waals surface area (Å²) >= 11 is 0. The van der Waals surface area contributed by atoms with E-state index in [0.29, 0.717) is 0 Å². The standard InChI is InChI=1S/C40H21BN4/c1-3-10-22(11-4-1)39-42-28-20-24-14-7-16-26-27-17-8-15-25-21-29-38-36(33(25)27)41-34-30(44(39)37(28)35(41)32(24)26)18-9-19-31(34)45(38)40(43-29)23-12-5-2-6-13-23/h1-21H. The van der Waals surface area contributed by atoms with Gasteiger partial charge in [-0.15, -0.1) is 0 Å². The first-order valence-corrected chi connectivity index (χ1v) is 15.6. The average molecular weight is 568 g/mol. The second-order valence-corrected chi connectivity index (χ2v) is 12.5. The molecule has 0 saturated heterocycles. The molecule has 0 fully saturated rings.